The van der Waals surface area contributed by atoms with Crippen molar-refractivity contribution in [2.75, 3.05) is 5.43 Å². The van der Waals surface area contributed by atoms with Crippen LogP contribution in [0.2, 0.25) is 5.02 Å². The monoisotopic (exact) mass is 397 g/mol. The molecule has 2 aromatic carbocycles. The minimum Gasteiger partial charge on any atom is -0.422 e. The van der Waals surface area contributed by atoms with E-state index in [0.29, 0.717) is 32.6 Å². The standard InChI is InChI=1S/C19H12ClN3O3S/c20-13-7-5-11(6-8-13)17(24)22-23-19-21-15(10-27-19)14-9-12-3-1-2-4-16(12)26-18(14)25/h1-10H,(H,21,23)(H,22,24). The zero-order valence-corrected chi connectivity index (χ0v) is 15.3. The Labute approximate surface area is 162 Å². The number of anilines is 1. The summed E-state index contributed by atoms with van der Waals surface area (Å²) in [5.41, 5.74) is 6.66. The summed E-state index contributed by atoms with van der Waals surface area (Å²) < 4.78 is 5.33. The van der Waals surface area contributed by atoms with Gasteiger partial charge in [-0.3, -0.25) is 15.6 Å². The normalized spacial score (nSPS) is 10.7. The van der Waals surface area contributed by atoms with Crippen LogP contribution in [0.4, 0.5) is 5.13 Å². The van der Waals surface area contributed by atoms with Gasteiger partial charge in [0.2, 0.25) is 5.13 Å². The predicted octanol–water partition coefficient (Wildman–Crippen LogP) is 4.33. The molecule has 0 radical (unpaired) electrons. The summed E-state index contributed by atoms with van der Waals surface area (Å²) in [5, 5.41) is 3.53. The van der Waals surface area contributed by atoms with Crippen LogP contribution < -0.4 is 16.5 Å². The smallest absolute Gasteiger partial charge is 0.345 e. The van der Waals surface area contributed by atoms with Crippen LogP contribution >= 0.6 is 22.9 Å². The maximum atomic E-state index is 12.2. The van der Waals surface area contributed by atoms with Gasteiger partial charge >= 0.3 is 5.63 Å². The third-order valence-corrected chi connectivity index (χ3v) is 4.82. The summed E-state index contributed by atoms with van der Waals surface area (Å²) >= 11 is 7.07. The van der Waals surface area contributed by atoms with E-state index in [1.54, 1.807) is 47.8 Å². The van der Waals surface area contributed by atoms with Crippen molar-refractivity contribution in [1.29, 1.82) is 0 Å². The molecule has 2 heterocycles. The molecule has 4 aromatic rings. The average molecular weight is 398 g/mol. The first-order chi connectivity index (χ1) is 13.1. The number of halogens is 1. The summed E-state index contributed by atoms with van der Waals surface area (Å²) in [5.74, 6) is -0.325. The lowest BCUT2D eigenvalue weighted by Gasteiger charge is -2.05. The summed E-state index contributed by atoms with van der Waals surface area (Å²) in [6.45, 7) is 0. The first kappa shape index (κ1) is 17.3. The molecular weight excluding hydrogens is 386 g/mol. The van der Waals surface area contributed by atoms with Crippen LogP contribution in [-0.4, -0.2) is 10.9 Å². The van der Waals surface area contributed by atoms with Crippen molar-refractivity contribution in [2.24, 2.45) is 0 Å². The van der Waals surface area contributed by atoms with Crippen molar-refractivity contribution in [3.05, 3.63) is 81.0 Å². The van der Waals surface area contributed by atoms with Crippen molar-refractivity contribution >= 4 is 44.9 Å². The number of nitrogens with zero attached hydrogens (tertiary/aromatic N) is 1. The molecule has 0 aliphatic carbocycles. The van der Waals surface area contributed by atoms with Crippen molar-refractivity contribution in [2.45, 2.75) is 0 Å². The fourth-order valence-corrected chi connectivity index (χ4v) is 3.27. The number of hydrogen-bond acceptors (Lipinski definition) is 6. The molecule has 134 valence electrons. The molecule has 6 nitrogen and oxygen atoms in total. The Morgan fingerprint density at radius 1 is 1.11 bits per heavy atom. The Morgan fingerprint density at radius 2 is 1.89 bits per heavy atom. The summed E-state index contributed by atoms with van der Waals surface area (Å²) in [6, 6.07) is 15.5. The number of hydrogen-bond donors (Lipinski definition) is 2. The maximum Gasteiger partial charge on any atom is 0.345 e. The molecule has 0 bridgehead atoms. The molecule has 2 N–H and O–H groups in total. The van der Waals surface area contributed by atoms with E-state index >= 15 is 0 Å². The number of rotatable bonds is 4. The molecule has 0 aliphatic heterocycles. The number of benzene rings is 2. The minimum atomic E-state index is -0.462. The number of amides is 1. The van der Waals surface area contributed by atoms with Crippen LogP contribution in [0.1, 0.15) is 10.4 Å². The Hall–Kier alpha value is -3.16. The minimum absolute atomic E-state index is 0.325. The number of para-hydroxylation sites is 1. The van der Waals surface area contributed by atoms with Gasteiger partial charge in [-0.15, -0.1) is 11.3 Å². The third-order valence-electron chi connectivity index (χ3n) is 3.81. The van der Waals surface area contributed by atoms with E-state index in [0.717, 1.165) is 5.39 Å². The molecule has 0 atom stereocenters. The van der Waals surface area contributed by atoms with Gasteiger partial charge in [-0.1, -0.05) is 29.8 Å². The van der Waals surface area contributed by atoms with Crippen LogP contribution in [-0.2, 0) is 0 Å². The molecule has 8 heteroatoms. The number of hydrazine groups is 1. The van der Waals surface area contributed by atoms with Gasteiger partial charge in [0, 0.05) is 21.4 Å². The Balaban J connectivity index is 1.52. The predicted molar refractivity (Wildman–Crippen MR) is 106 cm³/mol. The molecule has 0 spiro atoms. The highest BCUT2D eigenvalue weighted by Crippen LogP contribution is 2.24. The van der Waals surface area contributed by atoms with Gasteiger partial charge in [0.05, 0.1) is 11.3 Å². The first-order valence-electron chi connectivity index (χ1n) is 7.91. The van der Waals surface area contributed by atoms with E-state index in [4.69, 9.17) is 16.0 Å². The number of thiazole rings is 1. The fraction of sp³-hybridized carbons (Fsp3) is 0. The second-order valence-corrected chi connectivity index (χ2v) is 6.90. The Bertz CT molecular complexity index is 1180. The lowest BCUT2D eigenvalue weighted by Crippen LogP contribution is -2.29. The van der Waals surface area contributed by atoms with E-state index in [9.17, 15) is 9.59 Å². The summed E-state index contributed by atoms with van der Waals surface area (Å²) in [4.78, 5) is 28.7. The van der Waals surface area contributed by atoms with E-state index in [2.05, 4.69) is 15.8 Å². The molecule has 2 aromatic heterocycles. The number of carbonyl (C=O) groups excluding carboxylic acids is 1. The molecule has 4 rings (SSSR count). The van der Waals surface area contributed by atoms with Crippen LogP contribution in [0.3, 0.4) is 0 Å². The van der Waals surface area contributed by atoms with Gasteiger partial charge in [0.15, 0.2) is 0 Å². The second-order valence-electron chi connectivity index (χ2n) is 5.61. The van der Waals surface area contributed by atoms with Crippen molar-refractivity contribution < 1.29 is 9.21 Å². The quantitative estimate of drug-likeness (QED) is 0.395. The van der Waals surface area contributed by atoms with E-state index in [1.165, 1.54) is 11.3 Å². The number of nitrogens with one attached hydrogen (secondary N) is 2. The highest BCUT2D eigenvalue weighted by molar-refractivity contribution is 7.14. The molecule has 0 aliphatic rings. The van der Waals surface area contributed by atoms with Gasteiger partial charge < -0.3 is 4.42 Å². The highest BCUT2D eigenvalue weighted by atomic mass is 35.5. The zero-order chi connectivity index (χ0) is 18.8. The summed E-state index contributed by atoms with van der Waals surface area (Å²) in [6.07, 6.45) is 0. The largest absolute Gasteiger partial charge is 0.422 e. The molecule has 1 amide bonds. The number of fused-ring (bicyclic) bond motifs is 1. The number of carbonyl (C=O) groups is 1. The number of aromatic nitrogens is 1. The SMILES string of the molecule is O=C(NNc1nc(-c2cc3ccccc3oc2=O)cs1)c1ccc(Cl)cc1. The Morgan fingerprint density at radius 3 is 2.70 bits per heavy atom. The van der Waals surface area contributed by atoms with Crippen LogP contribution in [0.15, 0.2) is 69.2 Å². The average Bonchev–Trinajstić information content (AvgIpc) is 3.15. The molecule has 27 heavy (non-hydrogen) atoms. The third kappa shape index (κ3) is 3.69. The first-order valence-corrected chi connectivity index (χ1v) is 9.16. The lowest BCUT2D eigenvalue weighted by atomic mass is 10.1. The maximum absolute atomic E-state index is 12.2. The molecule has 0 saturated carbocycles. The lowest BCUT2D eigenvalue weighted by molar-refractivity contribution is 0.0962. The Kier molecular flexibility index (Phi) is 4.62. The van der Waals surface area contributed by atoms with Gasteiger partial charge in [-0.2, -0.15) is 0 Å². The van der Waals surface area contributed by atoms with Gasteiger partial charge in [-0.05, 0) is 36.4 Å². The van der Waals surface area contributed by atoms with Crippen molar-refractivity contribution in [3.8, 4) is 11.3 Å². The van der Waals surface area contributed by atoms with Crippen LogP contribution in [0.25, 0.3) is 22.2 Å². The molecule has 0 unspecified atom stereocenters. The van der Waals surface area contributed by atoms with Crippen molar-refractivity contribution in [1.82, 2.24) is 10.4 Å². The van der Waals surface area contributed by atoms with E-state index < -0.39 is 5.63 Å². The van der Waals surface area contributed by atoms with Gasteiger partial charge in [0.1, 0.15) is 5.58 Å². The van der Waals surface area contributed by atoms with Gasteiger partial charge in [-0.25, -0.2) is 9.78 Å². The molecule has 0 fully saturated rings. The summed E-state index contributed by atoms with van der Waals surface area (Å²) in [7, 11) is 0. The fourth-order valence-electron chi connectivity index (χ4n) is 2.48. The van der Waals surface area contributed by atoms with E-state index in [1.807, 2.05) is 12.1 Å². The molecule has 0 saturated heterocycles. The second kappa shape index (κ2) is 7.22. The van der Waals surface area contributed by atoms with E-state index in [-0.39, 0.29) is 5.91 Å². The zero-order valence-electron chi connectivity index (χ0n) is 13.7. The van der Waals surface area contributed by atoms with Crippen molar-refractivity contribution in [3.63, 3.8) is 0 Å². The van der Waals surface area contributed by atoms with Gasteiger partial charge in [0.25, 0.3) is 5.91 Å². The van der Waals surface area contributed by atoms with Crippen LogP contribution in [0, 0.1) is 0 Å². The highest BCUT2D eigenvalue weighted by Gasteiger charge is 2.12. The van der Waals surface area contributed by atoms with Crippen LogP contribution in [0.5, 0.6) is 0 Å². The topological polar surface area (TPSA) is 84.2 Å². The molecular formula is C19H12ClN3O3S.